The number of nitrogens with zero attached hydrogens (tertiary/aromatic N) is 1. The van der Waals surface area contributed by atoms with Crippen molar-refractivity contribution in [1.82, 2.24) is 4.98 Å². The van der Waals surface area contributed by atoms with E-state index in [2.05, 4.69) is 10.3 Å². The third kappa shape index (κ3) is 3.48. The summed E-state index contributed by atoms with van der Waals surface area (Å²) in [5, 5.41) is 6.22. The summed E-state index contributed by atoms with van der Waals surface area (Å²) >= 11 is 6.49. The minimum absolute atomic E-state index is 0.0608. The monoisotopic (exact) mass is 295 g/mol. The molecule has 2 aromatic rings. The van der Waals surface area contributed by atoms with E-state index >= 15 is 0 Å². The first-order valence-electron chi connectivity index (χ1n) is 5.81. The molecular weight excluding hydrogens is 281 g/mol. The number of benzene rings is 1. The first-order chi connectivity index (χ1) is 9.08. The van der Waals surface area contributed by atoms with Gasteiger partial charge in [0.15, 0.2) is 0 Å². The van der Waals surface area contributed by atoms with E-state index in [0.717, 1.165) is 17.1 Å². The summed E-state index contributed by atoms with van der Waals surface area (Å²) in [6, 6.07) is 4.75. The first kappa shape index (κ1) is 13.9. The molecule has 0 atom stereocenters. The summed E-state index contributed by atoms with van der Waals surface area (Å²) in [6.07, 6.45) is 0.784. The van der Waals surface area contributed by atoms with Crippen LogP contribution in [0.1, 0.15) is 16.3 Å². The Kier molecular flexibility index (Phi) is 4.44. The average molecular weight is 295 g/mol. The van der Waals surface area contributed by atoms with Crippen LogP contribution in [0.15, 0.2) is 23.6 Å². The van der Waals surface area contributed by atoms with Crippen molar-refractivity contribution in [2.45, 2.75) is 13.3 Å². The molecule has 1 aromatic carbocycles. The van der Waals surface area contributed by atoms with Crippen LogP contribution in [0, 0.1) is 12.7 Å². The molecule has 1 aromatic heterocycles. The number of rotatable bonds is 5. The molecule has 3 N–H and O–H groups in total. The molecule has 0 saturated carbocycles. The minimum Gasteiger partial charge on any atom is -0.389 e. The summed E-state index contributed by atoms with van der Waals surface area (Å²) in [6.45, 7) is 2.62. The summed E-state index contributed by atoms with van der Waals surface area (Å²) in [4.78, 5) is 4.43. The second-order valence-electron chi connectivity index (χ2n) is 4.09. The van der Waals surface area contributed by atoms with Crippen LogP contribution in [0.5, 0.6) is 0 Å². The zero-order valence-electron chi connectivity index (χ0n) is 10.4. The number of aromatic nitrogens is 1. The molecule has 0 aliphatic heterocycles. The fourth-order valence-corrected chi connectivity index (χ4v) is 2.73. The predicted molar refractivity (Wildman–Crippen MR) is 81.3 cm³/mol. The maximum atomic E-state index is 13.6. The number of aryl methyl sites for hydroxylation is 1. The number of anilines is 1. The van der Waals surface area contributed by atoms with Gasteiger partial charge in [-0.3, -0.25) is 0 Å². The maximum absolute atomic E-state index is 13.6. The van der Waals surface area contributed by atoms with Crippen LogP contribution < -0.4 is 11.1 Å². The Labute approximate surface area is 120 Å². The van der Waals surface area contributed by atoms with Gasteiger partial charge in [0.05, 0.1) is 10.6 Å². The Hall–Kier alpha value is -1.53. The Bertz CT molecular complexity index is 595. The SMILES string of the molecule is Cc1csc(CCNc2cccc(F)c2C(N)=S)n1. The summed E-state index contributed by atoms with van der Waals surface area (Å²) < 4.78 is 13.6. The van der Waals surface area contributed by atoms with Gasteiger partial charge in [0.1, 0.15) is 10.8 Å². The van der Waals surface area contributed by atoms with E-state index in [1.807, 2.05) is 12.3 Å². The number of nitrogens with one attached hydrogen (secondary N) is 1. The third-order valence-corrected chi connectivity index (χ3v) is 3.81. The largest absolute Gasteiger partial charge is 0.389 e. The van der Waals surface area contributed by atoms with Crippen molar-refractivity contribution in [2.24, 2.45) is 5.73 Å². The lowest BCUT2D eigenvalue weighted by Crippen LogP contribution is -2.16. The first-order valence-corrected chi connectivity index (χ1v) is 7.10. The van der Waals surface area contributed by atoms with Gasteiger partial charge < -0.3 is 11.1 Å². The molecule has 0 fully saturated rings. The number of hydrogen-bond donors (Lipinski definition) is 2. The molecule has 0 aliphatic rings. The van der Waals surface area contributed by atoms with Gasteiger partial charge in [0.2, 0.25) is 0 Å². The van der Waals surface area contributed by atoms with Gasteiger partial charge in [-0.25, -0.2) is 9.37 Å². The Morgan fingerprint density at radius 1 is 1.53 bits per heavy atom. The predicted octanol–water partition coefficient (Wildman–Crippen LogP) is 2.88. The van der Waals surface area contributed by atoms with Crippen molar-refractivity contribution in [3.05, 3.63) is 45.7 Å². The topological polar surface area (TPSA) is 50.9 Å². The van der Waals surface area contributed by atoms with Gasteiger partial charge >= 0.3 is 0 Å². The van der Waals surface area contributed by atoms with Crippen LogP contribution in [0.4, 0.5) is 10.1 Å². The second-order valence-corrected chi connectivity index (χ2v) is 5.47. The molecule has 2 rings (SSSR count). The zero-order valence-corrected chi connectivity index (χ0v) is 12.1. The molecule has 3 nitrogen and oxygen atoms in total. The summed E-state index contributed by atoms with van der Waals surface area (Å²) in [7, 11) is 0. The number of hydrogen-bond acceptors (Lipinski definition) is 4. The summed E-state index contributed by atoms with van der Waals surface area (Å²) in [5.41, 5.74) is 7.46. The van der Waals surface area contributed by atoms with Gasteiger partial charge in [0, 0.05) is 29.7 Å². The Morgan fingerprint density at radius 2 is 2.32 bits per heavy atom. The number of thiocarbonyl (C=S) groups is 1. The van der Waals surface area contributed by atoms with Crippen LogP contribution in [0.3, 0.4) is 0 Å². The highest BCUT2D eigenvalue weighted by Gasteiger charge is 2.10. The molecular formula is C13H14FN3S2. The smallest absolute Gasteiger partial charge is 0.135 e. The molecule has 0 bridgehead atoms. The Morgan fingerprint density at radius 3 is 2.95 bits per heavy atom. The molecule has 0 amide bonds. The van der Waals surface area contributed by atoms with Crippen LogP contribution in [0.25, 0.3) is 0 Å². The van der Waals surface area contributed by atoms with Crippen molar-refractivity contribution in [2.75, 3.05) is 11.9 Å². The van der Waals surface area contributed by atoms with Crippen molar-refractivity contribution in [3.8, 4) is 0 Å². The van der Waals surface area contributed by atoms with Crippen molar-refractivity contribution < 1.29 is 4.39 Å². The number of halogens is 1. The lowest BCUT2D eigenvalue weighted by molar-refractivity contribution is 0.626. The maximum Gasteiger partial charge on any atom is 0.135 e. The van der Waals surface area contributed by atoms with E-state index in [4.69, 9.17) is 18.0 Å². The van der Waals surface area contributed by atoms with Gasteiger partial charge in [-0.1, -0.05) is 18.3 Å². The van der Waals surface area contributed by atoms with Crippen molar-refractivity contribution in [3.63, 3.8) is 0 Å². The normalized spacial score (nSPS) is 10.4. The van der Waals surface area contributed by atoms with Gasteiger partial charge in [0.25, 0.3) is 0 Å². The van der Waals surface area contributed by atoms with E-state index in [0.29, 0.717) is 12.2 Å². The molecule has 19 heavy (non-hydrogen) atoms. The van der Waals surface area contributed by atoms with Crippen LogP contribution in [-0.2, 0) is 6.42 Å². The zero-order chi connectivity index (χ0) is 13.8. The van der Waals surface area contributed by atoms with Crippen LogP contribution in [0.2, 0.25) is 0 Å². The molecule has 0 saturated heterocycles. The lowest BCUT2D eigenvalue weighted by atomic mass is 10.1. The molecule has 100 valence electrons. The Balaban J connectivity index is 2.03. The molecule has 0 aliphatic carbocycles. The van der Waals surface area contributed by atoms with Crippen LogP contribution in [-0.4, -0.2) is 16.5 Å². The lowest BCUT2D eigenvalue weighted by Gasteiger charge is -2.11. The van der Waals surface area contributed by atoms with E-state index in [9.17, 15) is 4.39 Å². The van der Waals surface area contributed by atoms with E-state index in [1.54, 1.807) is 23.5 Å². The van der Waals surface area contributed by atoms with Crippen LogP contribution >= 0.6 is 23.6 Å². The molecule has 0 radical (unpaired) electrons. The molecule has 0 unspecified atom stereocenters. The van der Waals surface area contributed by atoms with Crippen molar-refractivity contribution in [1.29, 1.82) is 0 Å². The minimum atomic E-state index is -0.400. The molecule has 6 heteroatoms. The van der Waals surface area contributed by atoms with E-state index in [1.165, 1.54) is 6.07 Å². The molecule has 0 spiro atoms. The highest BCUT2D eigenvalue weighted by Crippen LogP contribution is 2.19. The highest BCUT2D eigenvalue weighted by atomic mass is 32.1. The molecule has 1 heterocycles. The second kappa shape index (κ2) is 6.08. The average Bonchev–Trinajstić information content (AvgIpc) is 2.74. The van der Waals surface area contributed by atoms with Gasteiger partial charge in [-0.2, -0.15) is 0 Å². The third-order valence-electron chi connectivity index (χ3n) is 2.58. The fourth-order valence-electron chi connectivity index (χ4n) is 1.74. The van der Waals surface area contributed by atoms with Gasteiger partial charge in [-0.15, -0.1) is 11.3 Å². The van der Waals surface area contributed by atoms with E-state index in [-0.39, 0.29) is 10.6 Å². The number of nitrogens with two attached hydrogens (primary N) is 1. The standard InChI is InChI=1S/C13H14FN3S2/c1-8-7-19-11(17-8)5-6-16-10-4-2-3-9(14)12(10)13(15)18/h2-4,7,16H,5-6H2,1H3,(H2,15,18). The van der Waals surface area contributed by atoms with Gasteiger partial charge in [-0.05, 0) is 19.1 Å². The number of thiazole rings is 1. The van der Waals surface area contributed by atoms with Crippen molar-refractivity contribution >= 4 is 34.2 Å². The highest BCUT2D eigenvalue weighted by molar-refractivity contribution is 7.80. The van der Waals surface area contributed by atoms with E-state index < -0.39 is 5.82 Å². The quantitative estimate of drug-likeness (QED) is 0.833. The summed E-state index contributed by atoms with van der Waals surface area (Å²) in [5.74, 6) is -0.400. The fraction of sp³-hybridized carbons (Fsp3) is 0.231.